The lowest BCUT2D eigenvalue weighted by atomic mass is 9.69. The SMILES string of the molecule is [2H]C([2H])([2H])C(C([2H])([2H])[2H])C(C#N)(c1ccc(OC)c(OC)c1)C([2H])([2H])C([2H])([2H])C([2H])([2H])N(C)C([2H])([2H])C([2H])([2H])c1ccc(OC)c(OC)c1. The zero-order valence-electron chi connectivity index (χ0n) is 35.1. The highest BCUT2D eigenvalue weighted by molar-refractivity contribution is 5.47. The molecule has 6 heteroatoms. The van der Waals surface area contributed by atoms with Crippen LogP contribution in [0.2, 0.25) is 0 Å². The van der Waals surface area contributed by atoms with Gasteiger partial charge in [0, 0.05) is 28.4 Å². The predicted octanol–water partition coefficient (Wildman–Crippen LogP) is 5.09. The monoisotopic (exact) mass is 470 g/mol. The van der Waals surface area contributed by atoms with E-state index < -0.39 is 68.3 Å². The molecule has 0 aliphatic heterocycles. The van der Waals surface area contributed by atoms with Gasteiger partial charge in [0.25, 0.3) is 0 Å². The Kier molecular flexibility index (Phi) is 4.30. The molecule has 180 valence electrons. The predicted molar refractivity (Wildman–Crippen MR) is 132 cm³/mol. The molecule has 0 saturated carbocycles. The van der Waals surface area contributed by atoms with E-state index in [0.29, 0.717) is 7.05 Å². The molecular formula is C27H38N2O4. The van der Waals surface area contributed by atoms with Gasteiger partial charge in [-0.2, -0.15) is 5.26 Å². The number of benzene rings is 2. The number of hydrogen-bond acceptors (Lipinski definition) is 6. The molecule has 0 heterocycles. The third-order valence-corrected chi connectivity index (χ3v) is 4.68. The Balaban J connectivity index is 3.00. The quantitative estimate of drug-likeness (QED) is 0.406. The van der Waals surface area contributed by atoms with Gasteiger partial charge >= 0.3 is 0 Å². The molecule has 2 aromatic rings. The second-order valence-corrected chi connectivity index (χ2v) is 6.65. The minimum Gasteiger partial charge on any atom is -0.493 e. The number of hydrogen-bond donors (Lipinski definition) is 0. The topological polar surface area (TPSA) is 64.0 Å². The highest BCUT2D eigenvalue weighted by Gasteiger charge is 2.36. The van der Waals surface area contributed by atoms with Crippen molar-refractivity contribution in [3.05, 3.63) is 47.5 Å². The van der Waals surface area contributed by atoms with Crippen molar-refractivity contribution in [1.29, 1.82) is 5.26 Å². The largest absolute Gasteiger partial charge is 0.493 e. The van der Waals surface area contributed by atoms with E-state index in [1.165, 1.54) is 33.5 Å². The molecule has 2 aromatic carbocycles. The van der Waals surface area contributed by atoms with E-state index in [0.717, 1.165) is 37.4 Å². The lowest BCUT2D eigenvalue weighted by molar-refractivity contribution is 0.292. The van der Waals surface area contributed by atoms with E-state index >= 15 is 0 Å². The summed E-state index contributed by atoms with van der Waals surface area (Å²) in [6, 6.07) is 7.75. The maximum absolute atomic E-state index is 10.7. The van der Waals surface area contributed by atoms with Crippen molar-refractivity contribution in [2.75, 3.05) is 48.5 Å². The Morgan fingerprint density at radius 1 is 0.939 bits per heavy atom. The molecule has 0 aromatic heterocycles. The third-order valence-electron chi connectivity index (χ3n) is 4.68. The minimum absolute atomic E-state index is 0.0124. The fourth-order valence-corrected chi connectivity index (χ4v) is 2.85. The molecule has 0 aliphatic carbocycles. The Bertz CT molecular complexity index is 1520. The molecule has 0 radical (unpaired) electrons. The number of rotatable bonds is 13. The van der Waals surface area contributed by atoms with Crippen molar-refractivity contribution in [2.24, 2.45) is 5.92 Å². The summed E-state index contributed by atoms with van der Waals surface area (Å²) in [5, 5.41) is 10.7. The van der Waals surface area contributed by atoms with Crippen molar-refractivity contribution < 1.29 is 40.9 Å². The molecule has 1 atom stereocenters. The Labute approximate surface area is 221 Å². The van der Waals surface area contributed by atoms with Gasteiger partial charge < -0.3 is 23.8 Å². The molecule has 0 N–H and O–H groups in total. The number of aryl methyl sites for hydroxylation is 1. The van der Waals surface area contributed by atoms with Gasteiger partial charge in [-0.25, -0.2) is 0 Å². The summed E-state index contributed by atoms with van der Waals surface area (Å²) in [7, 11) is 5.52. The van der Waals surface area contributed by atoms with Crippen LogP contribution in [0.3, 0.4) is 0 Å². The van der Waals surface area contributed by atoms with E-state index in [4.69, 9.17) is 40.9 Å². The highest BCUT2D eigenvalue weighted by atomic mass is 16.5. The van der Waals surface area contributed by atoms with Crippen LogP contribution in [-0.2, 0) is 11.8 Å². The number of likely N-dealkylation sites (N-methyl/N-ethyl adjacent to an activating group) is 1. The number of ether oxygens (including phenoxy) is 4. The van der Waals surface area contributed by atoms with Crippen LogP contribution in [-0.4, -0.2) is 53.4 Å². The van der Waals surface area contributed by atoms with Crippen LogP contribution in [0.1, 0.15) is 59.5 Å². The molecular weight excluding hydrogens is 416 g/mol. The maximum Gasteiger partial charge on any atom is 0.161 e. The molecule has 2 rings (SSSR count). The van der Waals surface area contributed by atoms with Crippen molar-refractivity contribution >= 4 is 0 Å². The Morgan fingerprint density at radius 2 is 1.55 bits per heavy atom. The second-order valence-electron chi connectivity index (χ2n) is 6.65. The van der Waals surface area contributed by atoms with Gasteiger partial charge in [0.1, 0.15) is 0 Å². The first-order valence-corrected chi connectivity index (χ1v) is 9.66. The molecule has 0 spiro atoms. The normalized spacial score (nSPS) is 23.0. The number of methoxy groups -OCH3 is 4. The summed E-state index contributed by atoms with van der Waals surface area (Å²) < 4.78 is 158. The van der Waals surface area contributed by atoms with Crippen LogP contribution >= 0.6 is 0 Å². The fraction of sp³-hybridized carbons (Fsp3) is 0.519. The molecule has 0 amide bonds. The molecule has 6 nitrogen and oxygen atoms in total. The number of nitrogens with zero attached hydrogens (tertiary/aromatic N) is 2. The molecule has 0 aliphatic rings. The first-order valence-electron chi connectivity index (χ1n) is 17.7. The van der Waals surface area contributed by atoms with Crippen LogP contribution in [0.5, 0.6) is 23.0 Å². The summed E-state index contributed by atoms with van der Waals surface area (Å²) in [6.07, 6.45) is -11.5. The van der Waals surface area contributed by atoms with Gasteiger partial charge in [-0.05, 0) is 74.0 Å². The molecule has 0 bridgehead atoms. The lowest BCUT2D eigenvalue weighted by Crippen LogP contribution is -2.32. The standard InChI is InChI=1S/C27H38N2O4/c1-20(2)27(19-28,22-10-12-24(31-5)26(18-22)33-7)14-8-15-29(3)16-13-21-9-11-23(30-4)25(17-21)32-6/h9-12,17-18,20H,8,13-16H2,1-7H3/i1D3,2D3,8D2,13D2,14D2,15D2,16D2. The second kappa shape index (κ2) is 12.4. The molecule has 0 fully saturated rings. The molecule has 0 saturated heterocycles. The van der Waals surface area contributed by atoms with E-state index in [-0.39, 0.29) is 27.9 Å². The van der Waals surface area contributed by atoms with Crippen LogP contribution in [0.4, 0.5) is 0 Å². The maximum atomic E-state index is 10.7. The van der Waals surface area contributed by atoms with Gasteiger partial charge in [-0.1, -0.05) is 25.8 Å². The average Bonchev–Trinajstić information content (AvgIpc) is 3.00. The molecule has 33 heavy (non-hydrogen) atoms. The molecule has 1 unspecified atom stereocenters. The summed E-state index contributed by atoms with van der Waals surface area (Å²) in [4.78, 5) is -0.0645. The van der Waals surface area contributed by atoms with E-state index in [9.17, 15) is 5.26 Å². The minimum atomic E-state index is -4.19. The summed E-state index contributed by atoms with van der Waals surface area (Å²) in [5.41, 5.74) is -4.71. The first kappa shape index (κ1) is 11.5. The van der Waals surface area contributed by atoms with Crippen LogP contribution in [0.15, 0.2) is 36.4 Å². The van der Waals surface area contributed by atoms with Crippen molar-refractivity contribution in [3.63, 3.8) is 0 Å². The van der Waals surface area contributed by atoms with Gasteiger partial charge in [0.05, 0.1) is 39.9 Å². The van der Waals surface area contributed by atoms with E-state index in [1.807, 2.05) is 0 Å². The van der Waals surface area contributed by atoms with Crippen molar-refractivity contribution in [3.8, 4) is 29.1 Å². The van der Waals surface area contributed by atoms with Gasteiger partial charge in [0.2, 0.25) is 0 Å². The van der Waals surface area contributed by atoms with Crippen LogP contribution < -0.4 is 18.9 Å². The van der Waals surface area contributed by atoms with Crippen molar-refractivity contribution in [2.45, 2.75) is 38.2 Å². The van der Waals surface area contributed by atoms with Gasteiger partial charge in [-0.3, -0.25) is 0 Å². The van der Waals surface area contributed by atoms with E-state index in [1.54, 1.807) is 0 Å². The summed E-state index contributed by atoms with van der Waals surface area (Å²) in [5.74, 6) is -3.12. The highest BCUT2D eigenvalue weighted by Crippen LogP contribution is 2.40. The zero-order chi connectivity index (χ0) is 38.4. The van der Waals surface area contributed by atoms with Crippen LogP contribution in [0.25, 0.3) is 0 Å². The average molecular weight is 471 g/mol. The smallest absolute Gasteiger partial charge is 0.161 e. The summed E-state index contributed by atoms with van der Waals surface area (Å²) >= 11 is 0. The number of nitriles is 1. The lowest BCUT2D eigenvalue weighted by Gasteiger charge is -2.32. The first-order chi connectivity index (χ1) is 22.1. The Morgan fingerprint density at radius 3 is 2.12 bits per heavy atom. The van der Waals surface area contributed by atoms with Gasteiger partial charge in [0.15, 0.2) is 23.0 Å². The Hall–Kier alpha value is -2.91. The van der Waals surface area contributed by atoms with Crippen molar-refractivity contribution in [1.82, 2.24) is 4.90 Å². The summed E-state index contributed by atoms with van der Waals surface area (Å²) in [6.45, 7) is -14.9. The fourth-order valence-electron chi connectivity index (χ4n) is 2.85. The van der Waals surface area contributed by atoms with Crippen LogP contribution in [0, 0.1) is 17.2 Å². The van der Waals surface area contributed by atoms with E-state index in [2.05, 4.69) is 0 Å². The van der Waals surface area contributed by atoms with Gasteiger partial charge in [-0.15, -0.1) is 0 Å². The zero-order valence-corrected chi connectivity index (χ0v) is 19.1. The third kappa shape index (κ3) is 6.33.